The third-order valence-corrected chi connectivity index (χ3v) is 11.3. The van der Waals surface area contributed by atoms with E-state index >= 15 is 0 Å². The van der Waals surface area contributed by atoms with Crippen LogP contribution in [0.2, 0.25) is 0 Å². The average molecular weight is 856 g/mol. The van der Waals surface area contributed by atoms with Gasteiger partial charge in [-0.3, -0.25) is 0 Å². The maximum atomic E-state index is 2.41. The fourth-order valence-electron chi connectivity index (χ4n) is 8.68. The minimum absolute atomic E-state index is 0. The van der Waals surface area contributed by atoms with E-state index in [9.17, 15) is 0 Å². The molecule has 11 rings (SSSR count). The summed E-state index contributed by atoms with van der Waals surface area (Å²) in [7, 11) is 0. The number of rotatable bonds is 7. The Morgan fingerprint density at radius 3 is 1.29 bits per heavy atom. The van der Waals surface area contributed by atoms with Crippen LogP contribution in [0.3, 0.4) is 0 Å². The summed E-state index contributed by atoms with van der Waals surface area (Å²) in [5.41, 5.74) is 15.2. The summed E-state index contributed by atoms with van der Waals surface area (Å²) in [5.74, 6) is 0. The predicted octanol–water partition coefficient (Wildman–Crippen LogP) is 15.3. The highest BCUT2D eigenvalue weighted by Crippen LogP contribution is 2.40. The summed E-state index contributed by atoms with van der Waals surface area (Å²) >= 11 is 0. The fraction of sp³-hybridized carbons (Fsp3) is 0. The molecular weight excluding hydrogens is 818 g/mol. The molecule has 0 saturated heterocycles. The molecule has 0 amide bonds. The lowest BCUT2D eigenvalue weighted by molar-refractivity contribution is 1.13. The molecule has 9 aromatic carbocycles. The van der Waals surface area contributed by atoms with Crippen LogP contribution in [0.1, 0.15) is 0 Å². The zero-order valence-electron chi connectivity index (χ0n) is 31.6. The van der Waals surface area contributed by atoms with Gasteiger partial charge >= 0.3 is 0 Å². The molecule has 0 radical (unpaired) electrons. The second kappa shape index (κ2) is 14.9. The van der Waals surface area contributed by atoms with E-state index < -0.39 is 0 Å². The molecule has 3 nitrogen and oxygen atoms in total. The number of fused-ring (bicyclic) bond motifs is 6. The lowest BCUT2D eigenvalue weighted by atomic mass is 10.0. The smallest absolute Gasteiger partial charge is 0.0541 e. The number of nitrogens with zero attached hydrogens (tertiary/aromatic N) is 3. The van der Waals surface area contributed by atoms with Gasteiger partial charge in [0.15, 0.2) is 0 Å². The number of aromatic nitrogens is 2. The molecule has 0 aliphatic heterocycles. The van der Waals surface area contributed by atoms with E-state index in [4.69, 9.17) is 0 Å². The van der Waals surface area contributed by atoms with Crippen LogP contribution in [-0.4, -0.2) is 9.13 Å². The van der Waals surface area contributed by atoms with Crippen molar-refractivity contribution in [1.29, 1.82) is 0 Å². The van der Waals surface area contributed by atoms with Crippen molar-refractivity contribution in [2.45, 2.75) is 0 Å². The molecule has 0 unspecified atom stereocenters. The number of halogens is 1. The van der Waals surface area contributed by atoms with Gasteiger partial charge in [0.2, 0.25) is 0 Å². The first-order chi connectivity index (χ1) is 28.3. The largest absolute Gasteiger partial charge is 0.310 e. The first-order valence-corrected chi connectivity index (χ1v) is 19.5. The van der Waals surface area contributed by atoms with Gasteiger partial charge in [0, 0.05) is 50.0 Å². The second-order valence-corrected chi connectivity index (χ2v) is 14.6. The van der Waals surface area contributed by atoms with Gasteiger partial charge in [-0.1, -0.05) is 140 Å². The average Bonchev–Trinajstić information content (AvgIpc) is 3.80. The summed E-state index contributed by atoms with van der Waals surface area (Å²) in [4.78, 5) is 2.33. The van der Waals surface area contributed by atoms with Gasteiger partial charge in [-0.2, -0.15) is 0 Å². The Morgan fingerprint density at radius 1 is 0.259 bits per heavy atom. The van der Waals surface area contributed by atoms with Crippen molar-refractivity contribution < 1.29 is 0 Å². The maximum absolute atomic E-state index is 2.41. The molecule has 0 atom stereocenters. The Balaban J connectivity index is 0.00000408. The summed E-state index contributed by atoms with van der Waals surface area (Å²) in [6, 6.07) is 81.0. The highest BCUT2D eigenvalue weighted by Gasteiger charge is 2.17. The molecule has 2 heterocycles. The van der Waals surface area contributed by atoms with Crippen LogP contribution in [0.25, 0.3) is 77.2 Å². The topological polar surface area (TPSA) is 13.1 Å². The van der Waals surface area contributed by atoms with E-state index in [-0.39, 0.29) is 24.0 Å². The van der Waals surface area contributed by atoms with Crippen LogP contribution in [0.4, 0.5) is 17.1 Å². The van der Waals surface area contributed by atoms with Gasteiger partial charge in [0.25, 0.3) is 0 Å². The molecule has 58 heavy (non-hydrogen) atoms. The standard InChI is InChI=1S/C54H37N3.HI/c1-3-15-38(16-4-1)40-17-13-20-44(35-40)55(42-18-5-2-6-19-42)43-32-29-39(30-33-43)41-31-34-54-50(36-41)49-25-9-12-28-53(49)57(54)46-22-14-21-45(37-46)56-51-26-10-7-23-47(51)48-24-8-11-27-52(48)56;/h1-37H;1H. The molecule has 276 valence electrons. The predicted molar refractivity (Wildman–Crippen MR) is 256 cm³/mol. The highest BCUT2D eigenvalue weighted by atomic mass is 127. The Hall–Kier alpha value is -6.89. The Bertz CT molecular complexity index is 3180. The van der Waals surface area contributed by atoms with Crippen molar-refractivity contribution >= 4 is 84.7 Å². The van der Waals surface area contributed by atoms with Crippen LogP contribution < -0.4 is 4.90 Å². The van der Waals surface area contributed by atoms with Crippen LogP contribution >= 0.6 is 24.0 Å². The van der Waals surface area contributed by atoms with Crippen LogP contribution in [-0.2, 0) is 0 Å². The summed E-state index contributed by atoms with van der Waals surface area (Å²) < 4.78 is 4.80. The number of anilines is 3. The van der Waals surface area contributed by atoms with Crippen molar-refractivity contribution in [3.63, 3.8) is 0 Å². The zero-order chi connectivity index (χ0) is 37.7. The molecule has 2 aromatic heterocycles. The Morgan fingerprint density at radius 2 is 0.672 bits per heavy atom. The molecule has 0 fully saturated rings. The normalized spacial score (nSPS) is 11.3. The van der Waals surface area contributed by atoms with Crippen molar-refractivity contribution in [2.24, 2.45) is 0 Å². The molecule has 0 saturated carbocycles. The van der Waals surface area contributed by atoms with E-state index in [1.807, 2.05) is 0 Å². The molecule has 0 N–H and O–H groups in total. The molecule has 0 aliphatic carbocycles. The van der Waals surface area contributed by atoms with E-state index in [0.29, 0.717) is 0 Å². The van der Waals surface area contributed by atoms with E-state index in [0.717, 1.165) is 28.4 Å². The quantitative estimate of drug-likeness (QED) is 0.146. The fourth-order valence-corrected chi connectivity index (χ4v) is 8.68. The van der Waals surface area contributed by atoms with Gasteiger partial charge in [-0.15, -0.1) is 24.0 Å². The molecule has 0 aliphatic rings. The van der Waals surface area contributed by atoms with Gasteiger partial charge in [-0.25, -0.2) is 0 Å². The van der Waals surface area contributed by atoms with E-state index in [1.165, 1.54) is 65.9 Å². The van der Waals surface area contributed by atoms with Gasteiger partial charge in [-0.05, 0) is 107 Å². The third kappa shape index (κ3) is 6.05. The van der Waals surface area contributed by atoms with Crippen molar-refractivity contribution in [3.05, 3.63) is 224 Å². The molecule has 4 heteroatoms. The minimum atomic E-state index is 0. The number of para-hydroxylation sites is 4. The van der Waals surface area contributed by atoms with Crippen molar-refractivity contribution in [2.75, 3.05) is 4.90 Å². The van der Waals surface area contributed by atoms with E-state index in [2.05, 4.69) is 238 Å². The number of benzene rings is 9. The van der Waals surface area contributed by atoms with Crippen LogP contribution in [0, 0.1) is 0 Å². The van der Waals surface area contributed by atoms with Crippen molar-refractivity contribution in [1.82, 2.24) is 9.13 Å². The maximum Gasteiger partial charge on any atom is 0.0541 e. The second-order valence-electron chi connectivity index (χ2n) is 14.6. The Kier molecular flexibility index (Phi) is 9.11. The zero-order valence-corrected chi connectivity index (χ0v) is 33.9. The van der Waals surface area contributed by atoms with Gasteiger partial charge < -0.3 is 14.0 Å². The molecule has 0 spiro atoms. The van der Waals surface area contributed by atoms with Crippen LogP contribution in [0.15, 0.2) is 224 Å². The lowest BCUT2D eigenvalue weighted by Crippen LogP contribution is -2.09. The molecule has 0 bridgehead atoms. The van der Waals surface area contributed by atoms with Crippen LogP contribution in [0.5, 0.6) is 0 Å². The van der Waals surface area contributed by atoms with Crippen molar-refractivity contribution in [3.8, 4) is 33.6 Å². The summed E-state index contributed by atoms with van der Waals surface area (Å²) in [5, 5.41) is 5.00. The number of hydrogen-bond acceptors (Lipinski definition) is 1. The summed E-state index contributed by atoms with van der Waals surface area (Å²) in [6.45, 7) is 0. The summed E-state index contributed by atoms with van der Waals surface area (Å²) in [6.07, 6.45) is 0. The third-order valence-electron chi connectivity index (χ3n) is 11.3. The monoisotopic (exact) mass is 855 g/mol. The van der Waals surface area contributed by atoms with Gasteiger partial charge in [0.05, 0.1) is 22.1 Å². The first kappa shape index (κ1) is 35.5. The molecule has 11 aromatic rings. The first-order valence-electron chi connectivity index (χ1n) is 19.5. The van der Waals surface area contributed by atoms with Gasteiger partial charge in [0.1, 0.15) is 0 Å². The SMILES string of the molecule is I.c1ccc(-c2cccc(N(c3ccccc3)c3ccc(-c4ccc5c(c4)c4ccccc4n5-c4cccc(-n5c6ccccc6c6ccccc65)c4)cc3)c2)cc1. The van der Waals surface area contributed by atoms with E-state index in [1.54, 1.807) is 0 Å². The molecular formula is C54H38IN3. The lowest BCUT2D eigenvalue weighted by Gasteiger charge is -2.26. The number of hydrogen-bond donors (Lipinski definition) is 0. The Labute approximate surface area is 354 Å². The highest BCUT2D eigenvalue weighted by molar-refractivity contribution is 14.0. The minimum Gasteiger partial charge on any atom is -0.310 e.